The highest BCUT2D eigenvalue weighted by molar-refractivity contribution is 6.07. The Kier molecular flexibility index (Phi) is 4.82. The second kappa shape index (κ2) is 6.67. The smallest absolute Gasteiger partial charge is 0.389 e. The number of nitrogens with zero attached hydrogens (tertiary/aromatic N) is 4. The number of esters is 2. The van der Waals surface area contributed by atoms with Gasteiger partial charge >= 0.3 is 17.8 Å². The van der Waals surface area contributed by atoms with Crippen molar-refractivity contribution < 1.29 is 24.0 Å². The van der Waals surface area contributed by atoms with Gasteiger partial charge in [-0.15, -0.1) is 0 Å². The van der Waals surface area contributed by atoms with Gasteiger partial charge in [-0.2, -0.15) is 0 Å². The molecule has 0 bridgehead atoms. The quantitative estimate of drug-likeness (QED) is 0.463. The van der Waals surface area contributed by atoms with E-state index in [1.165, 1.54) is 32.2 Å². The van der Waals surface area contributed by atoms with E-state index in [-0.39, 0.29) is 33.8 Å². The van der Waals surface area contributed by atoms with Gasteiger partial charge in [0.15, 0.2) is 5.69 Å². The van der Waals surface area contributed by atoms with Crippen molar-refractivity contribution in [2.45, 2.75) is 13.8 Å². The highest BCUT2D eigenvalue weighted by Gasteiger charge is 2.34. The third-order valence-corrected chi connectivity index (χ3v) is 3.67. The van der Waals surface area contributed by atoms with Gasteiger partial charge in [-0.3, -0.25) is 4.98 Å². The molecule has 0 saturated heterocycles. The molecule has 0 radical (unpaired) electrons. The molecule has 0 aliphatic rings. The zero-order valence-electron chi connectivity index (χ0n) is 14.3. The number of hydrogen-bond acceptors (Lipinski definition) is 8. The van der Waals surface area contributed by atoms with E-state index in [9.17, 15) is 19.7 Å². The van der Waals surface area contributed by atoms with Crippen LogP contribution in [0.4, 0.5) is 5.82 Å². The number of imidazole rings is 1. The van der Waals surface area contributed by atoms with Crippen molar-refractivity contribution >= 4 is 17.8 Å². The first kappa shape index (κ1) is 18.0. The van der Waals surface area contributed by atoms with Crippen molar-refractivity contribution in [3.05, 3.63) is 39.0 Å². The van der Waals surface area contributed by atoms with Gasteiger partial charge in [-0.25, -0.2) is 9.59 Å². The van der Waals surface area contributed by atoms with Crippen molar-refractivity contribution in [3.63, 3.8) is 0 Å². The Balaban J connectivity index is 3.06. The predicted molar refractivity (Wildman–Crippen MR) is 85.2 cm³/mol. The van der Waals surface area contributed by atoms with Crippen LogP contribution in [0.1, 0.15) is 32.1 Å². The number of pyridine rings is 1. The van der Waals surface area contributed by atoms with Crippen LogP contribution >= 0.6 is 0 Å². The topological polar surface area (TPSA) is 126 Å². The normalized spacial score (nSPS) is 10.4. The van der Waals surface area contributed by atoms with Crippen molar-refractivity contribution in [1.29, 1.82) is 0 Å². The van der Waals surface area contributed by atoms with Gasteiger partial charge in [0.1, 0.15) is 0 Å². The summed E-state index contributed by atoms with van der Waals surface area (Å²) in [5, 5.41) is 11.4. The molecule has 0 aliphatic carbocycles. The molecule has 2 aromatic rings. The van der Waals surface area contributed by atoms with Gasteiger partial charge in [0.05, 0.1) is 36.7 Å². The zero-order valence-corrected chi connectivity index (χ0v) is 14.3. The lowest BCUT2D eigenvalue weighted by Gasteiger charge is -2.16. The van der Waals surface area contributed by atoms with E-state index in [1.807, 2.05) is 0 Å². The Bertz CT molecular complexity index is 846. The number of rotatable bonds is 4. The minimum absolute atomic E-state index is 0.00963. The number of carbonyl (C=O) groups is 2. The van der Waals surface area contributed by atoms with E-state index < -0.39 is 22.7 Å². The van der Waals surface area contributed by atoms with E-state index >= 15 is 0 Å². The molecule has 0 aliphatic heterocycles. The van der Waals surface area contributed by atoms with Crippen molar-refractivity contribution in [2.24, 2.45) is 7.05 Å². The summed E-state index contributed by atoms with van der Waals surface area (Å²) in [6.45, 7) is 3.10. The first-order valence-corrected chi connectivity index (χ1v) is 7.08. The molecule has 2 rings (SSSR count). The van der Waals surface area contributed by atoms with Crippen LogP contribution in [0.15, 0.2) is 6.33 Å². The number of aryl methyl sites for hydroxylation is 3. The maximum absolute atomic E-state index is 12.3. The fourth-order valence-electron chi connectivity index (χ4n) is 2.63. The van der Waals surface area contributed by atoms with E-state index in [2.05, 4.69) is 9.97 Å². The van der Waals surface area contributed by atoms with E-state index in [0.717, 1.165) is 0 Å². The van der Waals surface area contributed by atoms with Gasteiger partial charge in [-0.1, -0.05) is 0 Å². The summed E-state index contributed by atoms with van der Waals surface area (Å²) < 4.78 is 10.9. The third kappa shape index (κ3) is 2.93. The summed E-state index contributed by atoms with van der Waals surface area (Å²) >= 11 is 0. The lowest BCUT2D eigenvalue weighted by molar-refractivity contribution is -0.388. The maximum Gasteiger partial charge on any atom is 0.389 e. The van der Waals surface area contributed by atoms with Gasteiger partial charge in [0, 0.05) is 12.6 Å². The van der Waals surface area contributed by atoms with E-state index in [1.54, 1.807) is 13.8 Å². The summed E-state index contributed by atoms with van der Waals surface area (Å²) in [6, 6.07) is 0. The standard InChI is InChI=1S/C15H16N4O6/c1-7-9(14(20)24-4)11(10(8(2)17-7)15(21)25-5)12-13(19(22)23)16-6-18(12)3/h6H,1-5H3. The zero-order chi connectivity index (χ0) is 18.9. The van der Waals surface area contributed by atoms with Gasteiger partial charge in [0.25, 0.3) is 0 Å². The van der Waals surface area contributed by atoms with Crippen LogP contribution in [0.25, 0.3) is 11.3 Å². The first-order chi connectivity index (χ1) is 11.7. The highest BCUT2D eigenvalue weighted by atomic mass is 16.6. The van der Waals surface area contributed by atoms with Gasteiger partial charge in [-0.05, 0) is 23.8 Å². The molecule has 0 saturated carbocycles. The van der Waals surface area contributed by atoms with Crippen LogP contribution in [0.5, 0.6) is 0 Å². The highest BCUT2D eigenvalue weighted by Crippen LogP contribution is 2.36. The van der Waals surface area contributed by atoms with Gasteiger partial charge in [0.2, 0.25) is 6.33 Å². The summed E-state index contributed by atoms with van der Waals surface area (Å²) in [5.74, 6) is -2.05. The number of carbonyl (C=O) groups excluding carboxylic acids is 2. The molecule has 2 heterocycles. The van der Waals surface area contributed by atoms with Crippen LogP contribution in [-0.4, -0.2) is 45.6 Å². The number of nitro groups is 1. The second-order valence-electron chi connectivity index (χ2n) is 5.18. The fourth-order valence-corrected chi connectivity index (χ4v) is 2.63. The lowest BCUT2D eigenvalue weighted by Crippen LogP contribution is -2.17. The monoisotopic (exact) mass is 348 g/mol. The molecule has 0 fully saturated rings. The molecule has 0 unspecified atom stereocenters. The van der Waals surface area contributed by atoms with E-state index in [4.69, 9.17) is 9.47 Å². The van der Waals surface area contributed by atoms with E-state index in [0.29, 0.717) is 0 Å². The first-order valence-electron chi connectivity index (χ1n) is 7.08. The average Bonchev–Trinajstić information content (AvgIpc) is 2.94. The minimum atomic E-state index is -0.777. The molecule has 0 spiro atoms. The Labute approximate surface area is 142 Å². The van der Waals surface area contributed by atoms with Crippen LogP contribution in [0.2, 0.25) is 0 Å². The van der Waals surface area contributed by atoms with Crippen LogP contribution in [-0.2, 0) is 16.5 Å². The van der Waals surface area contributed by atoms with Gasteiger partial charge < -0.3 is 24.2 Å². The molecule has 25 heavy (non-hydrogen) atoms. The Morgan fingerprint density at radius 1 is 1.12 bits per heavy atom. The van der Waals surface area contributed by atoms with Crippen LogP contribution < -0.4 is 0 Å². The summed E-state index contributed by atoms with van der Waals surface area (Å²) in [7, 11) is 3.85. The molecule has 10 nitrogen and oxygen atoms in total. The Morgan fingerprint density at radius 3 is 2.00 bits per heavy atom. The number of methoxy groups -OCH3 is 2. The van der Waals surface area contributed by atoms with Crippen molar-refractivity contribution in [2.75, 3.05) is 14.2 Å². The molecule has 0 atom stereocenters. The average molecular weight is 348 g/mol. The largest absolute Gasteiger partial charge is 0.465 e. The number of hydrogen-bond donors (Lipinski definition) is 0. The van der Waals surface area contributed by atoms with Crippen molar-refractivity contribution in [1.82, 2.24) is 14.5 Å². The van der Waals surface area contributed by atoms with Crippen molar-refractivity contribution in [3.8, 4) is 11.3 Å². The molecule has 132 valence electrons. The summed E-state index contributed by atoms with van der Waals surface area (Å²) in [4.78, 5) is 43.2. The minimum Gasteiger partial charge on any atom is -0.465 e. The number of ether oxygens (including phenoxy) is 2. The molecule has 0 N–H and O–H groups in total. The predicted octanol–water partition coefficient (Wildman–Crippen LogP) is 1.58. The molecule has 2 aromatic heterocycles. The molecule has 10 heteroatoms. The fraction of sp³-hybridized carbons (Fsp3) is 0.333. The van der Waals surface area contributed by atoms with Crippen LogP contribution in [0.3, 0.4) is 0 Å². The second-order valence-corrected chi connectivity index (χ2v) is 5.18. The Hall–Kier alpha value is -3.30. The maximum atomic E-state index is 12.3. The molecular formula is C15H16N4O6. The SMILES string of the molecule is COC(=O)c1c(C)nc(C)c(C(=O)OC)c1-c1c([N+](=O)[O-])ncn1C. The number of aromatic nitrogens is 3. The summed E-state index contributed by atoms with van der Waals surface area (Å²) in [6.07, 6.45) is 1.22. The Morgan fingerprint density at radius 2 is 1.60 bits per heavy atom. The van der Waals surface area contributed by atoms with Crippen LogP contribution in [0, 0.1) is 24.0 Å². The third-order valence-electron chi connectivity index (χ3n) is 3.67. The molecular weight excluding hydrogens is 332 g/mol. The molecule has 0 aromatic carbocycles. The summed E-state index contributed by atoms with van der Waals surface area (Å²) in [5.41, 5.74) is 0.417. The lowest BCUT2D eigenvalue weighted by atomic mass is 9.95. The molecule has 0 amide bonds.